The fraction of sp³-hybridized carbons (Fsp3) is 0.0556. The Kier molecular flexibility index (Phi) is 3.44. The van der Waals surface area contributed by atoms with Crippen molar-refractivity contribution in [1.82, 2.24) is 15.0 Å². The number of nitrogens with one attached hydrogen (secondary N) is 1. The molecule has 5 nitrogen and oxygen atoms in total. The van der Waals surface area contributed by atoms with Crippen molar-refractivity contribution in [1.29, 1.82) is 0 Å². The van der Waals surface area contributed by atoms with E-state index in [0.717, 1.165) is 22.2 Å². The molecule has 112 valence electrons. The highest BCUT2D eigenvalue weighted by atomic mass is 16.4. The van der Waals surface area contributed by atoms with Gasteiger partial charge >= 0.3 is 0 Å². The van der Waals surface area contributed by atoms with E-state index in [9.17, 15) is 0 Å². The third-order valence-electron chi connectivity index (χ3n) is 3.50. The Morgan fingerprint density at radius 1 is 0.826 bits per heavy atom. The first-order chi connectivity index (χ1) is 11.4. The Balaban J connectivity index is 1.47. The Morgan fingerprint density at radius 2 is 1.57 bits per heavy atom. The van der Waals surface area contributed by atoms with Crippen LogP contribution in [0.5, 0.6) is 0 Å². The lowest BCUT2D eigenvalue weighted by atomic mass is 10.1. The monoisotopic (exact) mass is 302 g/mol. The molecular weight excluding hydrogens is 288 g/mol. The lowest BCUT2D eigenvalue weighted by molar-refractivity contribution is 0.612. The van der Waals surface area contributed by atoms with Gasteiger partial charge in [-0.25, -0.2) is 9.97 Å². The predicted octanol–water partition coefficient (Wildman–Crippen LogP) is 3.90. The molecule has 0 spiro atoms. The number of anilines is 1. The summed E-state index contributed by atoms with van der Waals surface area (Å²) in [6.45, 7) is 0.460. The van der Waals surface area contributed by atoms with Gasteiger partial charge in [-0.2, -0.15) is 4.98 Å². The summed E-state index contributed by atoms with van der Waals surface area (Å²) >= 11 is 0. The molecule has 0 saturated heterocycles. The number of para-hydroxylation sites is 2. The Morgan fingerprint density at radius 3 is 2.35 bits per heavy atom. The molecule has 2 aromatic heterocycles. The van der Waals surface area contributed by atoms with E-state index >= 15 is 0 Å². The van der Waals surface area contributed by atoms with E-state index in [0.29, 0.717) is 18.4 Å². The molecule has 0 saturated carbocycles. The maximum absolute atomic E-state index is 5.61. The van der Waals surface area contributed by atoms with Gasteiger partial charge in [0.2, 0.25) is 0 Å². The summed E-state index contributed by atoms with van der Waals surface area (Å²) in [5.41, 5.74) is 3.69. The van der Waals surface area contributed by atoms with Crippen molar-refractivity contribution in [2.24, 2.45) is 0 Å². The maximum Gasteiger partial charge on any atom is 0.296 e. The van der Waals surface area contributed by atoms with Gasteiger partial charge in [0.15, 0.2) is 5.58 Å². The molecule has 0 aliphatic rings. The van der Waals surface area contributed by atoms with Crippen LogP contribution in [0.15, 0.2) is 71.4 Å². The molecule has 0 aliphatic heterocycles. The van der Waals surface area contributed by atoms with Crippen LogP contribution in [0.1, 0.15) is 5.82 Å². The summed E-state index contributed by atoms with van der Waals surface area (Å²) in [5.74, 6) is 0.687. The molecule has 4 aromatic rings. The number of oxazole rings is 1. The average molecular weight is 302 g/mol. The third kappa shape index (κ3) is 2.89. The number of hydrogen-bond acceptors (Lipinski definition) is 5. The van der Waals surface area contributed by atoms with Gasteiger partial charge in [0.1, 0.15) is 11.3 Å². The molecule has 23 heavy (non-hydrogen) atoms. The molecule has 0 radical (unpaired) electrons. The van der Waals surface area contributed by atoms with E-state index in [1.807, 2.05) is 67.0 Å². The first kappa shape index (κ1) is 13.5. The molecule has 0 amide bonds. The zero-order valence-corrected chi connectivity index (χ0v) is 12.3. The molecule has 2 heterocycles. The molecule has 0 bridgehead atoms. The van der Waals surface area contributed by atoms with Gasteiger partial charge in [0.05, 0.1) is 6.54 Å². The fourth-order valence-corrected chi connectivity index (χ4v) is 2.33. The second kappa shape index (κ2) is 5.88. The van der Waals surface area contributed by atoms with Gasteiger partial charge in [-0.05, 0) is 17.7 Å². The summed E-state index contributed by atoms with van der Waals surface area (Å²) in [5, 5.41) is 3.11. The van der Waals surface area contributed by atoms with Crippen LogP contribution in [-0.2, 0) is 6.54 Å². The lowest BCUT2D eigenvalue weighted by Gasteiger charge is -2.03. The van der Waals surface area contributed by atoms with Crippen molar-refractivity contribution in [3.8, 4) is 11.1 Å². The Hall–Kier alpha value is -3.21. The van der Waals surface area contributed by atoms with Crippen LogP contribution < -0.4 is 5.32 Å². The number of hydrogen-bond donors (Lipinski definition) is 1. The number of fused-ring (bicyclic) bond motifs is 1. The van der Waals surface area contributed by atoms with E-state index in [4.69, 9.17) is 4.42 Å². The van der Waals surface area contributed by atoms with Crippen LogP contribution in [0.2, 0.25) is 0 Å². The van der Waals surface area contributed by atoms with Crippen LogP contribution >= 0.6 is 0 Å². The van der Waals surface area contributed by atoms with E-state index in [1.165, 1.54) is 0 Å². The molecule has 0 unspecified atom stereocenters. The summed E-state index contributed by atoms with van der Waals surface area (Å²) in [6, 6.07) is 18.2. The van der Waals surface area contributed by atoms with E-state index in [2.05, 4.69) is 20.3 Å². The molecule has 2 aromatic carbocycles. The van der Waals surface area contributed by atoms with Crippen LogP contribution in [0.3, 0.4) is 0 Å². The van der Waals surface area contributed by atoms with Crippen molar-refractivity contribution >= 4 is 17.1 Å². The zero-order valence-electron chi connectivity index (χ0n) is 12.3. The standard InChI is InChI=1S/C18H14N4O/c1-2-6-13(7-3-1)14-10-19-17(20-11-14)12-21-18-22-15-8-4-5-9-16(15)23-18/h1-11H,12H2,(H,21,22). The normalized spacial score (nSPS) is 10.8. The minimum Gasteiger partial charge on any atom is -0.424 e. The van der Waals surface area contributed by atoms with E-state index < -0.39 is 0 Å². The Bertz CT molecular complexity index is 884. The summed E-state index contributed by atoms with van der Waals surface area (Å²) in [7, 11) is 0. The SMILES string of the molecule is c1ccc(-c2cnc(CNc3nc4ccccc4o3)nc2)cc1. The lowest BCUT2D eigenvalue weighted by Crippen LogP contribution is -2.04. The van der Waals surface area contributed by atoms with Gasteiger partial charge in [0, 0.05) is 18.0 Å². The highest BCUT2D eigenvalue weighted by Gasteiger charge is 2.05. The molecular formula is C18H14N4O. The summed E-state index contributed by atoms with van der Waals surface area (Å²) in [6.07, 6.45) is 3.65. The number of aromatic nitrogens is 3. The van der Waals surface area contributed by atoms with Gasteiger partial charge in [-0.15, -0.1) is 0 Å². The molecule has 0 atom stereocenters. The van der Waals surface area contributed by atoms with Crippen molar-refractivity contribution in [3.05, 3.63) is 72.8 Å². The van der Waals surface area contributed by atoms with Crippen LogP contribution in [-0.4, -0.2) is 15.0 Å². The largest absolute Gasteiger partial charge is 0.424 e. The van der Waals surface area contributed by atoms with E-state index in [-0.39, 0.29) is 0 Å². The molecule has 0 fully saturated rings. The second-order valence-corrected chi connectivity index (χ2v) is 5.09. The first-order valence-corrected chi connectivity index (χ1v) is 7.34. The number of rotatable bonds is 4. The van der Waals surface area contributed by atoms with Gasteiger partial charge in [0.25, 0.3) is 6.01 Å². The van der Waals surface area contributed by atoms with Crippen LogP contribution in [0, 0.1) is 0 Å². The summed E-state index contributed by atoms with van der Waals surface area (Å²) < 4.78 is 5.61. The second-order valence-electron chi connectivity index (χ2n) is 5.09. The fourth-order valence-electron chi connectivity index (χ4n) is 2.33. The smallest absolute Gasteiger partial charge is 0.296 e. The topological polar surface area (TPSA) is 63.8 Å². The van der Waals surface area contributed by atoms with Crippen molar-refractivity contribution < 1.29 is 4.42 Å². The van der Waals surface area contributed by atoms with Crippen molar-refractivity contribution in [2.75, 3.05) is 5.32 Å². The highest BCUT2D eigenvalue weighted by Crippen LogP contribution is 2.19. The molecule has 1 N–H and O–H groups in total. The van der Waals surface area contributed by atoms with Crippen LogP contribution in [0.4, 0.5) is 6.01 Å². The van der Waals surface area contributed by atoms with E-state index in [1.54, 1.807) is 0 Å². The number of benzene rings is 2. The maximum atomic E-state index is 5.61. The summed E-state index contributed by atoms with van der Waals surface area (Å²) in [4.78, 5) is 13.1. The quantitative estimate of drug-likeness (QED) is 0.619. The van der Waals surface area contributed by atoms with Crippen molar-refractivity contribution in [3.63, 3.8) is 0 Å². The van der Waals surface area contributed by atoms with Gasteiger partial charge < -0.3 is 9.73 Å². The predicted molar refractivity (Wildman–Crippen MR) is 88.8 cm³/mol. The van der Waals surface area contributed by atoms with Crippen LogP contribution in [0.25, 0.3) is 22.2 Å². The van der Waals surface area contributed by atoms with Crippen molar-refractivity contribution in [2.45, 2.75) is 6.54 Å². The Labute approximate surface area is 133 Å². The minimum atomic E-state index is 0.460. The number of nitrogens with zero attached hydrogens (tertiary/aromatic N) is 3. The molecule has 0 aliphatic carbocycles. The van der Waals surface area contributed by atoms with Gasteiger partial charge in [-0.1, -0.05) is 42.5 Å². The van der Waals surface area contributed by atoms with Gasteiger partial charge in [-0.3, -0.25) is 0 Å². The molecule has 4 rings (SSSR count). The zero-order chi connectivity index (χ0) is 15.5. The minimum absolute atomic E-state index is 0.460. The third-order valence-corrected chi connectivity index (χ3v) is 3.50. The highest BCUT2D eigenvalue weighted by molar-refractivity contribution is 5.74. The molecule has 5 heteroatoms. The first-order valence-electron chi connectivity index (χ1n) is 7.34. The average Bonchev–Trinajstić information content (AvgIpc) is 3.04.